The van der Waals surface area contributed by atoms with Gasteiger partial charge in [-0.1, -0.05) is 31.4 Å². The molecule has 1 atom stereocenters. The molecule has 0 radical (unpaired) electrons. The van der Waals surface area contributed by atoms with E-state index < -0.39 is 5.54 Å². The fourth-order valence-corrected chi connectivity index (χ4v) is 3.43. The lowest BCUT2D eigenvalue weighted by Crippen LogP contribution is -2.48. The van der Waals surface area contributed by atoms with Crippen LogP contribution in [0, 0.1) is 0 Å². The van der Waals surface area contributed by atoms with E-state index in [9.17, 15) is 9.59 Å². The zero-order valence-electron chi connectivity index (χ0n) is 10.9. The summed E-state index contributed by atoms with van der Waals surface area (Å²) in [4.78, 5) is 28.4. The van der Waals surface area contributed by atoms with Gasteiger partial charge in [-0.05, 0) is 26.2 Å². The molecule has 0 aromatic rings. The van der Waals surface area contributed by atoms with Crippen molar-refractivity contribution in [3.63, 3.8) is 0 Å². The summed E-state index contributed by atoms with van der Waals surface area (Å²) in [5, 5.41) is 0. The van der Waals surface area contributed by atoms with E-state index in [-0.39, 0.29) is 18.0 Å². The van der Waals surface area contributed by atoms with Crippen molar-refractivity contribution in [2.45, 2.75) is 57.0 Å². The number of hydrogen-bond acceptors (Lipinski definition) is 2. The van der Waals surface area contributed by atoms with Crippen LogP contribution in [0.1, 0.15) is 45.4 Å². The molecule has 4 nitrogen and oxygen atoms in total. The second-order valence-electron chi connectivity index (χ2n) is 5.81. The standard InChI is InChI=1S/C14H20N2O2/c1-14-9-5-6-10-15(14)13(18)16(12(14)17)11-7-3-2-4-8-11/h5-6,11H,2-4,7-10H2,1H3. The van der Waals surface area contributed by atoms with Gasteiger partial charge in [-0.15, -0.1) is 0 Å². The van der Waals surface area contributed by atoms with E-state index in [0.717, 1.165) is 25.7 Å². The molecule has 0 bridgehead atoms. The molecule has 1 saturated carbocycles. The van der Waals surface area contributed by atoms with Crippen LogP contribution in [-0.2, 0) is 4.79 Å². The first-order valence-corrected chi connectivity index (χ1v) is 6.95. The number of carbonyl (C=O) groups is 2. The van der Waals surface area contributed by atoms with Crippen LogP contribution in [0.3, 0.4) is 0 Å². The highest BCUT2D eigenvalue weighted by atomic mass is 16.2. The molecular weight excluding hydrogens is 228 g/mol. The van der Waals surface area contributed by atoms with Gasteiger partial charge in [0.15, 0.2) is 0 Å². The highest BCUT2D eigenvalue weighted by Gasteiger charge is 2.55. The average molecular weight is 248 g/mol. The molecule has 2 aliphatic heterocycles. The minimum atomic E-state index is -0.622. The van der Waals surface area contributed by atoms with E-state index in [2.05, 4.69) is 0 Å². The number of rotatable bonds is 1. The highest BCUT2D eigenvalue weighted by molar-refractivity contribution is 6.07. The number of imide groups is 1. The molecule has 2 fully saturated rings. The summed E-state index contributed by atoms with van der Waals surface area (Å²) in [6.45, 7) is 2.48. The van der Waals surface area contributed by atoms with Crippen LogP contribution in [0.4, 0.5) is 4.79 Å². The van der Waals surface area contributed by atoms with Gasteiger partial charge in [0.25, 0.3) is 5.91 Å². The minimum absolute atomic E-state index is 0.0174. The van der Waals surface area contributed by atoms with Crippen molar-refractivity contribution in [1.29, 1.82) is 0 Å². The molecule has 2 heterocycles. The first-order valence-electron chi connectivity index (χ1n) is 6.95. The van der Waals surface area contributed by atoms with E-state index in [1.54, 1.807) is 9.80 Å². The number of fused-ring (bicyclic) bond motifs is 1. The zero-order valence-corrected chi connectivity index (χ0v) is 10.9. The van der Waals surface area contributed by atoms with Gasteiger partial charge in [0.05, 0.1) is 0 Å². The first kappa shape index (κ1) is 11.8. The van der Waals surface area contributed by atoms with Crippen molar-refractivity contribution < 1.29 is 9.59 Å². The molecule has 3 rings (SSSR count). The third-order valence-electron chi connectivity index (χ3n) is 4.62. The Balaban J connectivity index is 1.89. The maximum atomic E-state index is 12.6. The lowest BCUT2D eigenvalue weighted by Gasteiger charge is -2.32. The van der Waals surface area contributed by atoms with Crippen LogP contribution in [0.25, 0.3) is 0 Å². The summed E-state index contributed by atoms with van der Waals surface area (Å²) < 4.78 is 0. The molecule has 3 amide bonds. The Kier molecular flexibility index (Phi) is 2.68. The Morgan fingerprint density at radius 3 is 2.56 bits per heavy atom. The summed E-state index contributed by atoms with van der Waals surface area (Å²) in [6, 6.07) is 0.0694. The normalized spacial score (nSPS) is 33.2. The van der Waals surface area contributed by atoms with Crippen molar-refractivity contribution in [2.24, 2.45) is 0 Å². The van der Waals surface area contributed by atoms with Crippen molar-refractivity contribution in [3.8, 4) is 0 Å². The summed E-state index contributed by atoms with van der Waals surface area (Å²) in [6.07, 6.45) is 10.1. The molecule has 98 valence electrons. The summed E-state index contributed by atoms with van der Waals surface area (Å²) in [7, 11) is 0. The van der Waals surface area contributed by atoms with Gasteiger partial charge < -0.3 is 4.90 Å². The number of urea groups is 1. The van der Waals surface area contributed by atoms with Gasteiger partial charge in [-0.25, -0.2) is 4.79 Å². The number of nitrogens with zero attached hydrogens (tertiary/aromatic N) is 2. The smallest absolute Gasteiger partial charge is 0.306 e. The maximum absolute atomic E-state index is 12.6. The number of carbonyl (C=O) groups excluding carboxylic acids is 2. The van der Waals surface area contributed by atoms with Gasteiger partial charge in [0.1, 0.15) is 5.54 Å². The zero-order chi connectivity index (χ0) is 12.8. The summed E-state index contributed by atoms with van der Waals surface area (Å²) >= 11 is 0. The first-order chi connectivity index (χ1) is 8.64. The molecule has 1 unspecified atom stereocenters. The maximum Gasteiger partial charge on any atom is 0.328 e. The van der Waals surface area contributed by atoms with E-state index in [1.165, 1.54) is 6.42 Å². The van der Waals surface area contributed by atoms with Crippen LogP contribution in [-0.4, -0.2) is 39.9 Å². The Morgan fingerprint density at radius 2 is 1.89 bits per heavy atom. The molecule has 4 heteroatoms. The Labute approximate surface area is 108 Å². The largest absolute Gasteiger partial charge is 0.328 e. The molecule has 0 spiro atoms. The van der Waals surface area contributed by atoms with E-state index >= 15 is 0 Å². The van der Waals surface area contributed by atoms with Crippen LogP contribution in [0.15, 0.2) is 12.2 Å². The fraction of sp³-hybridized carbons (Fsp3) is 0.714. The molecule has 0 aromatic carbocycles. The molecule has 1 aliphatic carbocycles. The van der Waals surface area contributed by atoms with Crippen molar-refractivity contribution in [2.75, 3.05) is 6.54 Å². The third kappa shape index (κ3) is 1.51. The molecule has 0 aromatic heterocycles. The van der Waals surface area contributed by atoms with Gasteiger partial charge in [-0.2, -0.15) is 0 Å². The second-order valence-corrected chi connectivity index (χ2v) is 5.81. The van der Waals surface area contributed by atoms with Gasteiger partial charge >= 0.3 is 6.03 Å². The Hall–Kier alpha value is -1.32. The predicted molar refractivity (Wildman–Crippen MR) is 68.0 cm³/mol. The highest BCUT2D eigenvalue weighted by Crippen LogP contribution is 2.37. The van der Waals surface area contributed by atoms with Crippen molar-refractivity contribution in [1.82, 2.24) is 9.80 Å². The SMILES string of the molecule is CC12CC=CCN1C(=O)N(C1CCCCC1)C2=O. The lowest BCUT2D eigenvalue weighted by atomic mass is 9.91. The number of hydrogen-bond donors (Lipinski definition) is 0. The monoisotopic (exact) mass is 248 g/mol. The van der Waals surface area contributed by atoms with Crippen molar-refractivity contribution >= 4 is 11.9 Å². The third-order valence-corrected chi connectivity index (χ3v) is 4.62. The molecule has 0 N–H and O–H groups in total. The van der Waals surface area contributed by atoms with Gasteiger partial charge in [-0.3, -0.25) is 9.69 Å². The number of amides is 3. The van der Waals surface area contributed by atoms with E-state index in [1.807, 2.05) is 19.1 Å². The van der Waals surface area contributed by atoms with Crippen molar-refractivity contribution in [3.05, 3.63) is 12.2 Å². The summed E-state index contributed by atoms with van der Waals surface area (Å²) in [5.41, 5.74) is -0.622. The molecule has 18 heavy (non-hydrogen) atoms. The molecule has 1 saturated heterocycles. The lowest BCUT2D eigenvalue weighted by molar-refractivity contribution is -0.134. The Morgan fingerprint density at radius 1 is 1.17 bits per heavy atom. The molecule has 3 aliphatic rings. The summed E-state index contributed by atoms with van der Waals surface area (Å²) in [5.74, 6) is 0.0174. The fourth-order valence-electron chi connectivity index (χ4n) is 3.43. The van der Waals surface area contributed by atoms with Crippen LogP contribution in [0.2, 0.25) is 0 Å². The van der Waals surface area contributed by atoms with E-state index in [4.69, 9.17) is 0 Å². The van der Waals surface area contributed by atoms with E-state index in [0.29, 0.717) is 13.0 Å². The average Bonchev–Trinajstić information content (AvgIpc) is 2.59. The van der Waals surface area contributed by atoms with Crippen LogP contribution < -0.4 is 0 Å². The van der Waals surface area contributed by atoms with Crippen LogP contribution in [0.5, 0.6) is 0 Å². The quantitative estimate of drug-likeness (QED) is 0.527. The topological polar surface area (TPSA) is 40.6 Å². The minimum Gasteiger partial charge on any atom is -0.306 e. The second kappa shape index (κ2) is 4.11. The molecular formula is C14H20N2O2. The van der Waals surface area contributed by atoms with Crippen LogP contribution >= 0.6 is 0 Å². The Bertz CT molecular complexity index is 412. The predicted octanol–water partition coefficient (Wildman–Crippen LogP) is 2.30. The van der Waals surface area contributed by atoms with Gasteiger partial charge in [0.2, 0.25) is 0 Å². The van der Waals surface area contributed by atoms with Gasteiger partial charge in [0, 0.05) is 12.6 Å².